The molecule has 4 N–H and O–H groups in total. The zero-order valence-electron chi connectivity index (χ0n) is 13.5. The predicted molar refractivity (Wildman–Crippen MR) is 96.4 cm³/mol. The van der Waals surface area contributed by atoms with E-state index in [-0.39, 0.29) is 5.69 Å². The zero-order chi connectivity index (χ0) is 17.4. The van der Waals surface area contributed by atoms with Crippen molar-refractivity contribution in [3.63, 3.8) is 0 Å². The second-order valence-corrected chi connectivity index (χ2v) is 5.65. The quantitative estimate of drug-likeness (QED) is 0.535. The number of para-hydroxylation sites is 1. The van der Waals surface area contributed by atoms with Crippen LogP contribution in [0.5, 0.6) is 5.75 Å². The van der Waals surface area contributed by atoms with Crippen molar-refractivity contribution in [3.8, 4) is 28.4 Å². The summed E-state index contributed by atoms with van der Waals surface area (Å²) in [6, 6.07) is 15.2. The fourth-order valence-corrected chi connectivity index (χ4v) is 2.90. The summed E-state index contributed by atoms with van der Waals surface area (Å²) in [6.07, 6.45) is 1.87. The fraction of sp³-hybridized carbons (Fsp3) is 0.0526. The van der Waals surface area contributed by atoms with Crippen molar-refractivity contribution in [1.82, 2.24) is 15.0 Å². The number of nitrogens with one attached hydrogen (secondary N) is 2. The summed E-state index contributed by atoms with van der Waals surface area (Å²) >= 11 is 0. The third-order valence-electron chi connectivity index (χ3n) is 4.16. The molecule has 1 amide bonds. The number of amides is 1. The largest absolute Gasteiger partial charge is 0.497 e. The van der Waals surface area contributed by atoms with Crippen molar-refractivity contribution in [3.05, 3.63) is 60.4 Å². The van der Waals surface area contributed by atoms with Gasteiger partial charge in [-0.2, -0.15) is 0 Å². The molecule has 124 valence electrons. The number of hydrogen-bond acceptors (Lipinski definition) is 3. The number of imidazole rings is 1. The van der Waals surface area contributed by atoms with Crippen LogP contribution in [0.25, 0.3) is 33.5 Å². The van der Waals surface area contributed by atoms with E-state index in [0.717, 1.165) is 27.8 Å². The lowest BCUT2D eigenvalue weighted by Crippen LogP contribution is -2.12. The number of aromatic nitrogens is 3. The van der Waals surface area contributed by atoms with Crippen LogP contribution in [0.15, 0.2) is 54.7 Å². The number of fused-ring (bicyclic) bond motifs is 1. The Morgan fingerprint density at radius 2 is 1.88 bits per heavy atom. The van der Waals surface area contributed by atoms with Crippen molar-refractivity contribution in [1.29, 1.82) is 0 Å². The Balaban J connectivity index is 1.87. The number of rotatable bonds is 4. The lowest BCUT2D eigenvalue weighted by atomic mass is 10.1. The average molecular weight is 332 g/mol. The van der Waals surface area contributed by atoms with Gasteiger partial charge in [-0.25, -0.2) is 4.98 Å². The van der Waals surface area contributed by atoms with Crippen LogP contribution in [-0.4, -0.2) is 28.0 Å². The Morgan fingerprint density at radius 3 is 2.60 bits per heavy atom. The molecule has 0 unspecified atom stereocenters. The molecule has 0 aliphatic carbocycles. The highest BCUT2D eigenvalue weighted by atomic mass is 16.5. The Bertz CT molecular complexity index is 1060. The number of hydrogen-bond donors (Lipinski definition) is 3. The van der Waals surface area contributed by atoms with E-state index in [1.165, 1.54) is 0 Å². The van der Waals surface area contributed by atoms with Gasteiger partial charge in [0.15, 0.2) is 0 Å². The summed E-state index contributed by atoms with van der Waals surface area (Å²) in [5.74, 6) is 0.776. The molecule has 0 aliphatic heterocycles. The van der Waals surface area contributed by atoms with E-state index in [2.05, 4.69) is 15.0 Å². The van der Waals surface area contributed by atoms with Crippen LogP contribution in [0.2, 0.25) is 0 Å². The Morgan fingerprint density at radius 1 is 1.12 bits per heavy atom. The minimum absolute atomic E-state index is 0.283. The first-order valence-corrected chi connectivity index (χ1v) is 7.78. The van der Waals surface area contributed by atoms with Crippen molar-refractivity contribution in [2.45, 2.75) is 0 Å². The van der Waals surface area contributed by atoms with E-state index in [1.54, 1.807) is 7.11 Å². The second-order valence-electron chi connectivity index (χ2n) is 5.65. The molecular formula is C19H16N4O2. The molecule has 0 aliphatic rings. The topological polar surface area (TPSA) is 96.8 Å². The van der Waals surface area contributed by atoms with Gasteiger partial charge in [0.2, 0.25) is 0 Å². The molecule has 2 heterocycles. The Kier molecular flexibility index (Phi) is 3.50. The number of ether oxygens (including phenoxy) is 1. The molecule has 0 saturated heterocycles. The molecule has 2 aromatic heterocycles. The van der Waals surface area contributed by atoms with Crippen molar-refractivity contribution < 1.29 is 9.53 Å². The molecule has 0 spiro atoms. The number of carbonyl (C=O) groups excluding carboxylic acids is 1. The number of primary amides is 1. The van der Waals surface area contributed by atoms with E-state index in [0.29, 0.717) is 11.5 Å². The summed E-state index contributed by atoms with van der Waals surface area (Å²) in [5, 5.41) is 1.02. The molecule has 0 bridgehead atoms. The van der Waals surface area contributed by atoms with E-state index in [9.17, 15) is 4.79 Å². The third kappa shape index (κ3) is 2.53. The van der Waals surface area contributed by atoms with Crippen LogP contribution >= 0.6 is 0 Å². The predicted octanol–water partition coefficient (Wildman–Crippen LogP) is 3.33. The summed E-state index contributed by atoms with van der Waals surface area (Å²) in [4.78, 5) is 22.8. The third-order valence-corrected chi connectivity index (χ3v) is 4.16. The van der Waals surface area contributed by atoms with Crippen molar-refractivity contribution in [2.75, 3.05) is 7.11 Å². The molecule has 25 heavy (non-hydrogen) atoms. The number of methoxy groups -OCH3 is 1. The van der Waals surface area contributed by atoms with Gasteiger partial charge in [0.1, 0.15) is 23.0 Å². The highest BCUT2D eigenvalue weighted by Crippen LogP contribution is 2.31. The summed E-state index contributed by atoms with van der Waals surface area (Å²) in [6.45, 7) is 0. The summed E-state index contributed by atoms with van der Waals surface area (Å²) < 4.78 is 5.17. The van der Waals surface area contributed by atoms with Gasteiger partial charge in [0.25, 0.3) is 5.91 Å². The number of carbonyl (C=O) groups is 1. The molecular weight excluding hydrogens is 316 g/mol. The van der Waals surface area contributed by atoms with Crippen LogP contribution < -0.4 is 10.5 Å². The van der Waals surface area contributed by atoms with Gasteiger partial charge in [-0.15, -0.1) is 0 Å². The van der Waals surface area contributed by atoms with Crippen molar-refractivity contribution >= 4 is 16.8 Å². The molecule has 0 fully saturated rings. The first-order chi connectivity index (χ1) is 12.2. The van der Waals surface area contributed by atoms with Crippen molar-refractivity contribution in [2.24, 2.45) is 5.73 Å². The van der Waals surface area contributed by atoms with E-state index in [4.69, 9.17) is 10.5 Å². The van der Waals surface area contributed by atoms with Crippen LogP contribution in [0, 0.1) is 0 Å². The first-order valence-electron chi connectivity index (χ1n) is 7.78. The summed E-state index contributed by atoms with van der Waals surface area (Å²) in [7, 11) is 1.60. The number of nitrogens with zero attached hydrogens (tertiary/aromatic N) is 1. The van der Waals surface area contributed by atoms with Gasteiger partial charge >= 0.3 is 0 Å². The van der Waals surface area contributed by atoms with E-state index < -0.39 is 5.91 Å². The maximum absolute atomic E-state index is 11.9. The molecule has 0 radical (unpaired) electrons. The minimum atomic E-state index is -0.551. The average Bonchev–Trinajstić information content (AvgIpc) is 3.26. The zero-order valence-corrected chi connectivity index (χ0v) is 13.5. The fourth-order valence-electron chi connectivity index (χ4n) is 2.90. The Hall–Kier alpha value is -3.54. The van der Waals surface area contributed by atoms with E-state index in [1.807, 2.05) is 54.7 Å². The minimum Gasteiger partial charge on any atom is -0.497 e. The second kappa shape index (κ2) is 5.83. The molecule has 6 nitrogen and oxygen atoms in total. The highest BCUT2D eigenvalue weighted by Gasteiger charge is 2.19. The molecule has 6 heteroatoms. The molecule has 0 saturated carbocycles. The van der Waals surface area contributed by atoms with Crippen LogP contribution in [0.4, 0.5) is 0 Å². The van der Waals surface area contributed by atoms with Gasteiger partial charge in [0.05, 0.1) is 7.11 Å². The normalized spacial score (nSPS) is 10.9. The van der Waals surface area contributed by atoms with Gasteiger partial charge in [0, 0.05) is 28.2 Å². The molecule has 0 atom stereocenters. The summed E-state index contributed by atoms with van der Waals surface area (Å²) in [5.41, 5.74) is 9.03. The lowest BCUT2D eigenvalue weighted by Gasteiger charge is -2.02. The van der Waals surface area contributed by atoms with Crippen LogP contribution in [0.1, 0.15) is 10.5 Å². The van der Waals surface area contributed by atoms with Gasteiger partial charge in [-0.1, -0.05) is 18.2 Å². The number of nitrogens with two attached hydrogens (primary N) is 1. The number of aromatic amines is 2. The molecule has 4 aromatic rings. The number of H-pyrrole nitrogens is 2. The van der Waals surface area contributed by atoms with Crippen LogP contribution in [0.3, 0.4) is 0 Å². The first kappa shape index (κ1) is 15.0. The SMILES string of the molecule is COc1ccc(-c2nc(-c3c[nH]c4ccccc34)[nH]c2C(N)=O)cc1. The number of benzene rings is 2. The monoisotopic (exact) mass is 332 g/mol. The lowest BCUT2D eigenvalue weighted by molar-refractivity contribution is 0.0997. The molecule has 2 aromatic carbocycles. The van der Waals surface area contributed by atoms with Gasteiger partial charge in [-0.3, -0.25) is 4.79 Å². The van der Waals surface area contributed by atoms with Gasteiger partial charge in [-0.05, 0) is 30.3 Å². The molecule has 4 rings (SSSR count). The smallest absolute Gasteiger partial charge is 0.267 e. The highest BCUT2D eigenvalue weighted by molar-refractivity contribution is 6.00. The standard InChI is InChI=1S/C19H16N4O2/c1-25-12-8-6-11(7-9-12)16-17(18(20)24)23-19(22-16)14-10-21-15-5-3-2-4-13(14)15/h2-10,21H,1H3,(H2,20,24)(H,22,23). The van der Waals surface area contributed by atoms with Crippen LogP contribution in [-0.2, 0) is 0 Å². The Labute approximate surface area is 143 Å². The van der Waals surface area contributed by atoms with Gasteiger partial charge < -0.3 is 20.4 Å². The van der Waals surface area contributed by atoms with E-state index >= 15 is 0 Å². The maximum atomic E-state index is 11.9. The maximum Gasteiger partial charge on any atom is 0.267 e.